The van der Waals surface area contributed by atoms with Crippen LogP contribution in [0.3, 0.4) is 0 Å². The molecule has 0 saturated heterocycles. The van der Waals surface area contributed by atoms with Gasteiger partial charge in [-0.25, -0.2) is 4.98 Å². The Morgan fingerprint density at radius 3 is 3.06 bits per heavy atom. The number of pyridine rings is 1. The minimum Gasteiger partial charge on any atom is -0.319 e. The number of hydrogen-bond acceptors (Lipinski definition) is 4. The van der Waals surface area contributed by atoms with Gasteiger partial charge in [0.25, 0.3) is 5.91 Å². The van der Waals surface area contributed by atoms with Crippen molar-refractivity contribution in [1.82, 2.24) is 20.2 Å². The molecule has 0 radical (unpaired) electrons. The second kappa shape index (κ2) is 4.21. The van der Waals surface area contributed by atoms with E-state index in [1.807, 2.05) is 6.92 Å². The molecular weight excluding hydrogens is 230 g/mol. The molecule has 0 aromatic carbocycles. The first-order valence-corrected chi connectivity index (χ1v) is 5.88. The average molecular weight is 243 g/mol. The van der Waals surface area contributed by atoms with E-state index in [0.717, 1.165) is 29.9 Å². The van der Waals surface area contributed by atoms with E-state index in [9.17, 15) is 4.79 Å². The molecule has 1 saturated carbocycles. The van der Waals surface area contributed by atoms with Crippen LogP contribution in [0.1, 0.15) is 40.8 Å². The standard InChI is InChI=1S/C12H13N5O/c1-7-6-13-5-4-9(7)14-12(18)11-15-10(16-17-11)8-2-3-8/h4-6,8H,2-3H2,1H3,(H,13,14,18)(H,15,16,17). The molecule has 92 valence electrons. The summed E-state index contributed by atoms with van der Waals surface area (Å²) in [4.78, 5) is 20.1. The molecule has 1 amide bonds. The van der Waals surface area contributed by atoms with Crippen LogP contribution in [0, 0.1) is 6.92 Å². The number of aromatic nitrogens is 4. The topological polar surface area (TPSA) is 83.6 Å². The molecule has 3 rings (SSSR count). The first kappa shape index (κ1) is 10.9. The minimum atomic E-state index is -0.299. The summed E-state index contributed by atoms with van der Waals surface area (Å²) in [5, 5.41) is 9.53. The number of hydrogen-bond donors (Lipinski definition) is 2. The minimum absolute atomic E-state index is 0.188. The molecule has 6 nitrogen and oxygen atoms in total. The predicted molar refractivity (Wildman–Crippen MR) is 65.3 cm³/mol. The quantitative estimate of drug-likeness (QED) is 0.858. The van der Waals surface area contributed by atoms with E-state index in [-0.39, 0.29) is 11.7 Å². The Bertz CT molecular complexity index is 588. The number of carbonyl (C=O) groups is 1. The molecule has 1 fully saturated rings. The van der Waals surface area contributed by atoms with E-state index < -0.39 is 0 Å². The highest BCUT2D eigenvalue weighted by atomic mass is 16.2. The molecule has 18 heavy (non-hydrogen) atoms. The van der Waals surface area contributed by atoms with Crippen molar-refractivity contribution < 1.29 is 4.79 Å². The van der Waals surface area contributed by atoms with Gasteiger partial charge in [0.1, 0.15) is 5.82 Å². The fraction of sp³-hybridized carbons (Fsp3) is 0.333. The van der Waals surface area contributed by atoms with Crippen molar-refractivity contribution in [2.24, 2.45) is 0 Å². The third-order valence-electron chi connectivity index (χ3n) is 2.94. The number of rotatable bonds is 3. The van der Waals surface area contributed by atoms with E-state index in [1.165, 1.54) is 0 Å². The summed E-state index contributed by atoms with van der Waals surface area (Å²) in [7, 11) is 0. The predicted octanol–water partition coefficient (Wildman–Crippen LogP) is 1.64. The summed E-state index contributed by atoms with van der Waals surface area (Å²) in [5.74, 6) is 1.16. The molecule has 0 bridgehead atoms. The van der Waals surface area contributed by atoms with Gasteiger partial charge in [-0.3, -0.25) is 14.9 Å². The van der Waals surface area contributed by atoms with Crippen molar-refractivity contribution >= 4 is 11.6 Å². The number of aromatic amines is 1. The summed E-state index contributed by atoms with van der Waals surface area (Å²) < 4.78 is 0. The van der Waals surface area contributed by atoms with Crippen molar-refractivity contribution in [1.29, 1.82) is 0 Å². The maximum absolute atomic E-state index is 11.9. The summed E-state index contributed by atoms with van der Waals surface area (Å²) in [5.41, 5.74) is 1.64. The van der Waals surface area contributed by atoms with Gasteiger partial charge in [0.15, 0.2) is 0 Å². The maximum atomic E-state index is 11.9. The van der Waals surface area contributed by atoms with Crippen LogP contribution in [0.4, 0.5) is 5.69 Å². The van der Waals surface area contributed by atoms with Crippen LogP contribution in [0.25, 0.3) is 0 Å². The monoisotopic (exact) mass is 243 g/mol. The highest BCUT2D eigenvalue weighted by Crippen LogP contribution is 2.37. The van der Waals surface area contributed by atoms with Crippen molar-refractivity contribution in [3.05, 3.63) is 35.7 Å². The van der Waals surface area contributed by atoms with Gasteiger partial charge < -0.3 is 5.32 Å². The number of amides is 1. The Kier molecular flexibility index (Phi) is 2.55. The van der Waals surface area contributed by atoms with Crippen LogP contribution in [0.15, 0.2) is 18.5 Å². The number of aryl methyl sites for hydroxylation is 1. The number of nitrogens with one attached hydrogen (secondary N) is 2. The summed E-state index contributed by atoms with van der Waals surface area (Å²) in [6, 6.07) is 1.75. The van der Waals surface area contributed by atoms with Crippen molar-refractivity contribution in [2.75, 3.05) is 5.32 Å². The van der Waals surface area contributed by atoms with Crippen LogP contribution < -0.4 is 5.32 Å². The lowest BCUT2D eigenvalue weighted by molar-refractivity contribution is 0.101. The second-order valence-electron chi connectivity index (χ2n) is 4.46. The largest absolute Gasteiger partial charge is 0.319 e. The first-order chi connectivity index (χ1) is 8.74. The zero-order valence-corrected chi connectivity index (χ0v) is 9.97. The summed E-state index contributed by atoms with van der Waals surface area (Å²) >= 11 is 0. The molecule has 1 aliphatic rings. The van der Waals surface area contributed by atoms with Gasteiger partial charge in [0.2, 0.25) is 5.82 Å². The van der Waals surface area contributed by atoms with Crippen molar-refractivity contribution in [3.63, 3.8) is 0 Å². The van der Waals surface area contributed by atoms with E-state index in [0.29, 0.717) is 5.92 Å². The van der Waals surface area contributed by atoms with Gasteiger partial charge in [0.05, 0.1) is 0 Å². The molecule has 0 spiro atoms. The highest BCUT2D eigenvalue weighted by Gasteiger charge is 2.28. The Balaban J connectivity index is 1.76. The lowest BCUT2D eigenvalue weighted by atomic mass is 10.2. The van der Waals surface area contributed by atoms with Crippen molar-refractivity contribution in [3.8, 4) is 0 Å². The maximum Gasteiger partial charge on any atom is 0.295 e. The van der Waals surface area contributed by atoms with Gasteiger partial charge >= 0.3 is 0 Å². The van der Waals surface area contributed by atoms with Crippen LogP contribution in [-0.2, 0) is 0 Å². The van der Waals surface area contributed by atoms with Crippen LogP contribution >= 0.6 is 0 Å². The van der Waals surface area contributed by atoms with Gasteiger partial charge in [0, 0.05) is 24.0 Å². The summed E-state index contributed by atoms with van der Waals surface area (Å²) in [6.07, 6.45) is 5.58. The summed E-state index contributed by atoms with van der Waals surface area (Å²) in [6.45, 7) is 1.89. The van der Waals surface area contributed by atoms with Crippen molar-refractivity contribution in [2.45, 2.75) is 25.7 Å². The molecule has 2 aromatic heterocycles. The fourth-order valence-corrected chi connectivity index (χ4v) is 1.71. The molecule has 2 heterocycles. The van der Waals surface area contributed by atoms with E-state index in [4.69, 9.17) is 0 Å². The van der Waals surface area contributed by atoms with Gasteiger partial charge in [-0.15, -0.1) is 5.10 Å². The Hall–Kier alpha value is -2.24. The first-order valence-electron chi connectivity index (χ1n) is 5.88. The molecule has 0 atom stereocenters. The average Bonchev–Trinajstić information content (AvgIpc) is 3.10. The van der Waals surface area contributed by atoms with Crippen LogP contribution in [0.5, 0.6) is 0 Å². The van der Waals surface area contributed by atoms with Gasteiger partial charge in [-0.1, -0.05) is 0 Å². The highest BCUT2D eigenvalue weighted by molar-refractivity contribution is 6.01. The smallest absolute Gasteiger partial charge is 0.295 e. The molecular formula is C12H13N5O. The Morgan fingerprint density at radius 1 is 1.50 bits per heavy atom. The number of anilines is 1. The second-order valence-corrected chi connectivity index (χ2v) is 4.46. The normalized spacial score (nSPS) is 14.5. The Morgan fingerprint density at radius 2 is 2.33 bits per heavy atom. The molecule has 0 aliphatic heterocycles. The molecule has 2 N–H and O–H groups in total. The van der Waals surface area contributed by atoms with Gasteiger partial charge in [-0.05, 0) is 31.4 Å². The Labute approximate surface area is 104 Å². The third kappa shape index (κ3) is 2.09. The third-order valence-corrected chi connectivity index (χ3v) is 2.94. The van der Waals surface area contributed by atoms with Crippen LogP contribution in [-0.4, -0.2) is 26.1 Å². The van der Waals surface area contributed by atoms with Crippen LogP contribution in [0.2, 0.25) is 0 Å². The van der Waals surface area contributed by atoms with E-state index in [1.54, 1.807) is 18.5 Å². The molecule has 6 heteroatoms. The zero-order chi connectivity index (χ0) is 12.5. The SMILES string of the molecule is Cc1cnccc1NC(=O)c1n[nH]c(C2CC2)n1. The molecule has 2 aromatic rings. The van der Waals surface area contributed by atoms with E-state index >= 15 is 0 Å². The lowest BCUT2D eigenvalue weighted by Gasteiger charge is -2.04. The van der Waals surface area contributed by atoms with E-state index in [2.05, 4.69) is 25.5 Å². The number of H-pyrrole nitrogens is 1. The lowest BCUT2D eigenvalue weighted by Crippen LogP contribution is -2.14. The van der Waals surface area contributed by atoms with Gasteiger partial charge in [-0.2, -0.15) is 0 Å². The fourth-order valence-electron chi connectivity index (χ4n) is 1.71. The zero-order valence-electron chi connectivity index (χ0n) is 9.97. The molecule has 0 unspecified atom stereocenters. The number of carbonyl (C=O) groups excluding carboxylic acids is 1. The molecule has 1 aliphatic carbocycles. The number of nitrogens with zero attached hydrogens (tertiary/aromatic N) is 3.